The summed E-state index contributed by atoms with van der Waals surface area (Å²) in [4.78, 5) is 24.2. The Hall–Kier alpha value is -3.80. The fourth-order valence-corrected chi connectivity index (χ4v) is 4.51. The van der Waals surface area contributed by atoms with Gasteiger partial charge in [-0.15, -0.1) is 0 Å². The standard InChI is InChI=1S/C25H22F3NO5/c1-23(2)20(11-12-21(30)33-15-24(26,27)28)25(23,22(31)32)19(14-29)16-7-6-10-18(13-16)34-17-8-4-3-5-9-17/h3-13,19-20H,15H2,1-2H3,(H,31,32)/t19?,20-,25+/m0/s1. The molecule has 0 radical (unpaired) electrons. The van der Waals surface area contributed by atoms with Crippen molar-refractivity contribution in [1.29, 1.82) is 5.26 Å². The molecule has 9 heteroatoms. The molecule has 0 spiro atoms. The van der Waals surface area contributed by atoms with Crippen molar-refractivity contribution in [2.75, 3.05) is 6.61 Å². The number of hydrogen-bond acceptors (Lipinski definition) is 5. The summed E-state index contributed by atoms with van der Waals surface area (Å²) < 4.78 is 46.7. The van der Waals surface area contributed by atoms with E-state index in [-0.39, 0.29) is 0 Å². The molecule has 0 aromatic heterocycles. The number of carbonyl (C=O) groups is 2. The van der Waals surface area contributed by atoms with Gasteiger partial charge in [-0.1, -0.05) is 50.3 Å². The molecule has 3 atom stereocenters. The van der Waals surface area contributed by atoms with E-state index >= 15 is 0 Å². The third kappa shape index (κ3) is 4.76. The van der Waals surface area contributed by atoms with Gasteiger partial charge in [0.2, 0.25) is 0 Å². The van der Waals surface area contributed by atoms with Gasteiger partial charge < -0.3 is 14.6 Å². The van der Waals surface area contributed by atoms with Crippen LogP contribution in [0.3, 0.4) is 0 Å². The summed E-state index contributed by atoms with van der Waals surface area (Å²) in [5, 5.41) is 20.2. The molecule has 0 aliphatic heterocycles. The number of allylic oxidation sites excluding steroid dienone is 1. The molecule has 34 heavy (non-hydrogen) atoms. The summed E-state index contributed by atoms with van der Waals surface area (Å²) in [5.41, 5.74) is -2.19. The molecule has 0 bridgehead atoms. The molecule has 0 saturated heterocycles. The first kappa shape index (κ1) is 24.8. The van der Waals surface area contributed by atoms with E-state index in [9.17, 15) is 33.1 Å². The Kier molecular flexibility index (Phi) is 6.73. The number of esters is 1. The van der Waals surface area contributed by atoms with Crippen molar-refractivity contribution in [1.82, 2.24) is 0 Å². The number of nitrogens with zero attached hydrogens (tertiary/aromatic N) is 1. The number of carbonyl (C=O) groups excluding carboxylic acids is 1. The number of carboxylic acid groups (broad SMARTS) is 1. The van der Waals surface area contributed by atoms with Crippen LogP contribution in [0, 0.1) is 28.1 Å². The predicted molar refractivity (Wildman–Crippen MR) is 115 cm³/mol. The van der Waals surface area contributed by atoms with Gasteiger partial charge in [-0.05, 0) is 35.2 Å². The smallest absolute Gasteiger partial charge is 0.422 e. The topological polar surface area (TPSA) is 96.6 Å². The van der Waals surface area contributed by atoms with E-state index in [1.165, 1.54) is 6.08 Å². The van der Waals surface area contributed by atoms with Crippen molar-refractivity contribution >= 4 is 11.9 Å². The van der Waals surface area contributed by atoms with E-state index in [1.54, 1.807) is 62.4 Å². The lowest BCUT2D eigenvalue weighted by Crippen LogP contribution is -2.28. The fraction of sp³-hybridized carbons (Fsp3) is 0.320. The molecule has 178 valence electrons. The third-order valence-corrected chi connectivity index (χ3v) is 6.16. The number of halogens is 3. The van der Waals surface area contributed by atoms with Crippen LogP contribution in [0.1, 0.15) is 25.3 Å². The van der Waals surface area contributed by atoms with Gasteiger partial charge in [0.25, 0.3) is 0 Å². The Morgan fingerprint density at radius 2 is 1.79 bits per heavy atom. The quantitative estimate of drug-likeness (QED) is 0.403. The summed E-state index contributed by atoms with van der Waals surface area (Å²) in [6, 6.07) is 17.5. The molecule has 2 aromatic rings. The molecule has 1 aliphatic carbocycles. The molecule has 6 nitrogen and oxygen atoms in total. The highest BCUT2D eigenvalue weighted by atomic mass is 19.4. The highest BCUT2D eigenvalue weighted by Crippen LogP contribution is 2.75. The number of alkyl halides is 3. The summed E-state index contributed by atoms with van der Waals surface area (Å²) >= 11 is 0. The zero-order chi connectivity index (χ0) is 25.1. The number of para-hydroxylation sites is 1. The molecule has 2 aromatic carbocycles. The minimum atomic E-state index is -4.67. The second kappa shape index (κ2) is 9.21. The fourth-order valence-electron chi connectivity index (χ4n) is 4.51. The van der Waals surface area contributed by atoms with Crippen LogP contribution < -0.4 is 4.74 Å². The van der Waals surface area contributed by atoms with E-state index in [4.69, 9.17) is 4.74 Å². The summed E-state index contributed by atoms with van der Waals surface area (Å²) in [6.45, 7) is 1.51. The van der Waals surface area contributed by atoms with Gasteiger partial charge >= 0.3 is 18.1 Å². The molecule has 3 rings (SSSR count). The largest absolute Gasteiger partial charge is 0.481 e. The Bertz CT molecular complexity index is 1140. The monoisotopic (exact) mass is 473 g/mol. The highest BCUT2D eigenvalue weighted by Gasteiger charge is 2.78. The maximum atomic E-state index is 12.5. The lowest BCUT2D eigenvalue weighted by molar-refractivity contribution is -0.182. The third-order valence-electron chi connectivity index (χ3n) is 6.16. The van der Waals surface area contributed by atoms with Crippen LogP contribution in [-0.2, 0) is 14.3 Å². The van der Waals surface area contributed by atoms with Crippen molar-refractivity contribution in [3.05, 3.63) is 72.3 Å². The number of benzene rings is 2. The minimum Gasteiger partial charge on any atom is -0.481 e. The van der Waals surface area contributed by atoms with Crippen LogP contribution in [0.2, 0.25) is 0 Å². The molecular formula is C25H22F3NO5. The van der Waals surface area contributed by atoms with Crippen molar-refractivity contribution in [2.24, 2.45) is 16.7 Å². The molecule has 0 heterocycles. The predicted octanol–water partition coefficient (Wildman–Crippen LogP) is 5.47. The SMILES string of the molecule is CC1(C)[C@H](C=CC(=O)OCC(F)(F)F)[C@@]1(C(=O)O)C(C#N)c1cccc(Oc2ccccc2)c1. The Balaban J connectivity index is 1.89. The normalized spacial score (nSPS) is 21.9. The van der Waals surface area contributed by atoms with Gasteiger partial charge in [-0.3, -0.25) is 4.79 Å². The molecule has 1 fully saturated rings. The van der Waals surface area contributed by atoms with Gasteiger partial charge in [0.1, 0.15) is 16.9 Å². The van der Waals surface area contributed by atoms with Gasteiger partial charge in [-0.2, -0.15) is 18.4 Å². The zero-order valence-electron chi connectivity index (χ0n) is 18.4. The van der Waals surface area contributed by atoms with E-state index < -0.39 is 47.4 Å². The average Bonchev–Trinajstić information content (AvgIpc) is 3.27. The van der Waals surface area contributed by atoms with Crippen molar-refractivity contribution < 1.29 is 37.3 Å². The van der Waals surface area contributed by atoms with Crippen molar-refractivity contribution in [3.8, 4) is 17.6 Å². The Morgan fingerprint density at radius 3 is 2.38 bits per heavy atom. The molecule has 1 saturated carbocycles. The van der Waals surface area contributed by atoms with Crippen molar-refractivity contribution in [2.45, 2.75) is 25.9 Å². The molecule has 1 aliphatic rings. The number of hydrogen-bond donors (Lipinski definition) is 1. The number of nitriles is 1. The first-order valence-electron chi connectivity index (χ1n) is 10.3. The maximum Gasteiger partial charge on any atom is 0.422 e. The molecule has 1 N–H and O–H groups in total. The second-order valence-corrected chi connectivity index (χ2v) is 8.51. The van der Waals surface area contributed by atoms with Gasteiger partial charge in [0, 0.05) is 12.0 Å². The Labute approximate surface area is 194 Å². The first-order chi connectivity index (χ1) is 15.9. The number of ether oxygens (including phenoxy) is 2. The number of carboxylic acids is 1. The van der Waals surface area contributed by atoms with Crippen LogP contribution >= 0.6 is 0 Å². The molecule has 0 amide bonds. The average molecular weight is 473 g/mol. The Morgan fingerprint density at radius 1 is 1.15 bits per heavy atom. The summed E-state index contributed by atoms with van der Waals surface area (Å²) in [6.07, 6.45) is -2.68. The lowest BCUT2D eigenvalue weighted by atomic mass is 9.78. The van der Waals surface area contributed by atoms with E-state index in [0.717, 1.165) is 6.08 Å². The van der Waals surface area contributed by atoms with E-state index in [1.807, 2.05) is 6.07 Å². The summed E-state index contributed by atoms with van der Waals surface area (Å²) in [7, 11) is 0. The van der Waals surface area contributed by atoms with Gasteiger partial charge in [0.15, 0.2) is 6.61 Å². The van der Waals surface area contributed by atoms with Crippen LogP contribution in [0.4, 0.5) is 13.2 Å². The van der Waals surface area contributed by atoms with Crippen LogP contribution in [0.25, 0.3) is 0 Å². The van der Waals surface area contributed by atoms with Crippen LogP contribution in [-0.4, -0.2) is 29.8 Å². The van der Waals surface area contributed by atoms with E-state index in [0.29, 0.717) is 17.1 Å². The maximum absolute atomic E-state index is 12.5. The first-order valence-corrected chi connectivity index (χ1v) is 10.3. The molecule has 1 unspecified atom stereocenters. The number of rotatable bonds is 8. The molecular weight excluding hydrogens is 451 g/mol. The second-order valence-electron chi connectivity index (χ2n) is 8.51. The van der Waals surface area contributed by atoms with Crippen LogP contribution in [0.5, 0.6) is 11.5 Å². The van der Waals surface area contributed by atoms with Gasteiger partial charge in [0.05, 0.1) is 12.0 Å². The van der Waals surface area contributed by atoms with Crippen molar-refractivity contribution in [3.63, 3.8) is 0 Å². The zero-order valence-corrected chi connectivity index (χ0v) is 18.4. The number of aliphatic carboxylic acids is 1. The lowest BCUT2D eigenvalue weighted by Gasteiger charge is -2.22. The minimum absolute atomic E-state index is 0.405. The van der Waals surface area contributed by atoms with E-state index in [2.05, 4.69) is 10.8 Å². The summed E-state index contributed by atoms with van der Waals surface area (Å²) in [5.74, 6) is -3.46. The van der Waals surface area contributed by atoms with Crippen LogP contribution in [0.15, 0.2) is 66.7 Å². The highest BCUT2D eigenvalue weighted by molar-refractivity contribution is 5.86. The van der Waals surface area contributed by atoms with Gasteiger partial charge in [-0.25, -0.2) is 4.79 Å².